The number of nitrogens with one attached hydrogen (secondary N) is 1. The molecule has 0 spiro atoms. The molecular weight excluding hydrogens is 204 g/mol. The van der Waals surface area contributed by atoms with Crippen molar-refractivity contribution in [3.63, 3.8) is 0 Å². The molecule has 1 unspecified atom stereocenters. The normalized spacial score (nSPS) is 20.9. The van der Waals surface area contributed by atoms with E-state index in [1.54, 1.807) is 0 Å². The van der Waals surface area contributed by atoms with Gasteiger partial charge in [-0.15, -0.1) is 0 Å². The van der Waals surface area contributed by atoms with Crippen LogP contribution in [0, 0.1) is 0 Å². The second-order valence-corrected chi connectivity index (χ2v) is 4.67. The van der Waals surface area contributed by atoms with Gasteiger partial charge in [0, 0.05) is 51.7 Å². The molecule has 94 valence electrons. The van der Waals surface area contributed by atoms with Crippen LogP contribution in [0.15, 0.2) is 0 Å². The number of carbonyl (C=O) groups is 1. The van der Waals surface area contributed by atoms with Crippen LogP contribution in [0.3, 0.4) is 0 Å². The fourth-order valence-corrected chi connectivity index (χ4v) is 1.91. The molecule has 1 aliphatic heterocycles. The van der Waals surface area contributed by atoms with Crippen molar-refractivity contribution in [2.45, 2.75) is 19.4 Å². The van der Waals surface area contributed by atoms with Gasteiger partial charge in [0.2, 0.25) is 5.91 Å². The summed E-state index contributed by atoms with van der Waals surface area (Å²) in [6.45, 7) is 8.56. The van der Waals surface area contributed by atoms with Crippen molar-refractivity contribution < 1.29 is 4.79 Å². The SMILES string of the molecule is CC(CC(N)=O)NCCN1CCN(C)CC1. The average Bonchev–Trinajstić information content (AvgIpc) is 2.20. The minimum Gasteiger partial charge on any atom is -0.370 e. The fourth-order valence-electron chi connectivity index (χ4n) is 1.91. The van der Waals surface area contributed by atoms with Crippen molar-refractivity contribution in [1.29, 1.82) is 0 Å². The van der Waals surface area contributed by atoms with Gasteiger partial charge < -0.3 is 16.0 Å². The van der Waals surface area contributed by atoms with Gasteiger partial charge in [0.1, 0.15) is 0 Å². The van der Waals surface area contributed by atoms with E-state index in [0.29, 0.717) is 6.42 Å². The van der Waals surface area contributed by atoms with E-state index in [2.05, 4.69) is 22.2 Å². The lowest BCUT2D eigenvalue weighted by atomic mass is 10.2. The molecule has 0 aromatic rings. The lowest BCUT2D eigenvalue weighted by Gasteiger charge is -2.32. The number of nitrogens with zero attached hydrogens (tertiary/aromatic N) is 2. The van der Waals surface area contributed by atoms with Gasteiger partial charge in [0.05, 0.1) is 0 Å². The van der Waals surface area contributed by atoms with Crippen LogP contribution in [-0.4, -0.2) is 68.1 Å². The van der Waals surface area contributed by atoms with Gasteiger partial charge in [0.15, 0.2) is 0 Å². The van der Waals surface area contributed by atoms with E-state index in [9.17, 15) is 4.79 Å². The average molecular weight is 228 g/mol. The van der Waals surface area contributed by atoms with E-state index in [4.69, 9.17) is 5.73 Å². The number of amides is 1. The molecule has 16 heavy (non-hydrogen) atoms. The first-order valence-corrected chi connectivity index (χ1v) is 6.00. The molecule has 1 amide bonds. The number of hydrogen-bond donors (Lipinski definition) is 2. The fraction of sp³-hybridized carbons (Fsp3) is 0.909. The van der Waals surface area contributed by atoms with Gasteiger partial charge in [-0.05, 0) is 14.0 Å². The van der Waals surface area contributed by atoms with Gasteiger partial charge in [-0.3, -0.25) is 9.69 Å². The molecule has 0 aromatic carbocycles. The van der Waals surface area contributed by atoms with Crippen LogP contribution in [0.1, 0.15) is 13.3 Å². The van der Waals surface area contributed by atoms with Crippen LogP contribution in [0.5, 0.6) is 0 Å². The highest BCUT2D eigenvalue weighted by Gasteiger charge is 2.13. The second kappa shape index (κ2) is 6.83. The molecule has 1 fully saturated rings. The van der Waals surface area contributed by atoms with Crippen molar-refractivity contribution in [3.8, 4) is 0 Å². The highest BCUT2D eigenvalue weighted by Crippen LogP contribution is 1.98. The number of likely N-dealkylation sites (N-methyl/N-ethyl adjacent to an activating group) is 1. The van der Waals surface area contributed by atoms with E-state index < -0.39 is 0 Å². The van der Waals surface area contributed by atoms with Crippen LogP contribution in [0.4, 0.5) is 0 Å². The van der Waals surface area contributed by atoms with Crippen LogP contribution in [-0.2, 0) is 4.79 Å². The third-order valence-corrected chi connectivity index (χ3v) is 3.02. The molecule has 1 aliphatic rings. The first-order valence-electron chi connectivity index (χ1n) is 6.00. The Balaban J connectivity index is 2.04. The Bertz CT molecular complexity index is 214. The maximum Gasteiger partial charge on any atom is 0.218 e. The number of hydrogen-bond acceptors (Lipinski definition) is 4. The summed E-state index contributed by atoms with van der Waals surface area (Å²) < 4.78 is 0. The molecule has 0 radical (unpaired) electrons. The molecule has 0 saturated carbocycles. The lowest BCUT2D eigenvalue weighted by Crippen LogP contribution is -2.47. The van der Waals surface area contributed by atoms with E-state index in [0.717, 1.165) is 39.3 Å². The summed E-state index contributed by atoms with van der Waals surface area (Å²) in [5, 5.41) is 3.32. The van der Waals surface area contributed by atoms with E-state index >= 15 is 0 Å². The van der Waals surface area contributed by atoms with Gasteiger partial charge >= 0.3 is 0 Å². The Morgan fingerprint density at radius 1 is 1.38 bits per heavy atom. The van der Waals surface area contributed by atoms with Crippen LogP contribution in [0.2, 0.25) is 0 Å². The van der Waals surface area contributed by atoms with Gasteiger partial charge in [-0.1, -0.05) is 0 Å². The van der Waals surface area contributed by atoms with Crippen molar-refractivity contribution in [1.82, 2.24) is 15.1 Å². The predicted molar refractivity (Wildman–Crippen MR) is 65.2 cm³/mol. The molecule has 0 aromatic heterocycles. The van der Waals surface area contributed by atoms with Gasteiger partial charge in [0.25, 0.3) is 0 Å². The number of nitrogens with two attached hydrogens (primary N) is 1. The summed E-state index contributed by atoms with van der Waals surface area (Å²) in [4.78, 5) is 15.5. The molecule has 3 N–H and O–H groups in total. The standard InChI is InChI=1S/C11H24N4O/c1-10(9-11(12)16)13-3-4-15-7-5-14(2)6-8-15/h10,13H,3-9H2,1-2H3,(H2,12,16). The Morgan fingerprint density at radius 2 is 2.00 bits per heavy atom. The topological polar surface area (TPSA) is 61.6 Å². The Labute approximate surface area is 98.0 Å². The molecule has 5 heteroatoms. The molecule has 0 bridgehead atoms. The third kappa shape index (κ3) is 5.44. The zero-order valence-corrected chi connectivity index (χ0v) is 10.4. The maximum absolute atomic E-state index is 10.7. The molecular formula is C11H24N4O. The van der Waals surface area contributed by atoms with Crippen molar-refractivity contribution >= 4 is 5.91 Å². The quantitative estimate of drug-likeness (QED) is 0.618. The van der Waals surface area contributed by atoms with Crippen LogP contribution in [0.25, 0.3) is 0 Å². The van der Waals surface area contributed by atoms with E-state index in [1.807, 2.05) is 6.92 Å². The largest absolute Gasteiger partial charge is 0.370 e. The van der Waals surface area contributed by atoms with Crippen LogP contribution < -0.4 is 11.1 Å². The van der Waals surface area contributed by atoms with Gasteiger partial charge in [-0.2, -0.15) is 0 Å². The molecule has 1 heterocycles. The highest BCUT2D eigenvalue weighted by atomic mass is 16.1. The predicted octanol–water partition coefficient (Wildman–Crippen LogP) is -0.913. The number of rotatable bonds is 6. The minimum absolute atomic E-state index is 0.185. The van der Waals surface area contributed by atoms with Crippen LogP contribution >= 0.6 is 0 Å². The summed E-state index contributed by atoms with van der Waals surface area (Å²) >= 11 is 0. The maximum atomic E-state index is 10.7. The first-order chi connectivity index (χ1) is 7.58. The highest BCUT2D eigenvalue weighted by molar-refractivity contribution is 5.74. The summed E-state index contributed by atoms with van der Waals surface area (Å²) in [6, 6.07) is 0.185. The number of piperazine rings is 1. The van der Waals surface area contributed by atoms with E-state index in [-0.39, 0.29) is 11.9 Å². The molecule has 5 nitrogen and oxygen atoms in total. The molecule has 0 aliphatic carbocycles. The van der Waals surface area contributed by atoms with Crippen molar-refractivity contribution in [3.05, 3.63) is 0 Å². The monoisotopic (exact) mass is 228 g/mol. The minimum atomic E-state index is -0.236. The smallest absolute Gasteiger partial charge is 0.218 e. The van der Waals surface area contributed by atoms with Gasteiger partial charge in [-0.25, -0.2) is 0 Å². The molecule has 1 rings (SSSR count). The third-order valence-electron chi connectivity index (χ3n) is 3.02. The number of primary amides is 1. The Morgan fingerprint density at radius 3 is 2.56 bits per heavy atom. The molecule has 1 saturated heterocycles. The summed E-state index contributed by atoms with van der Waals surface area (Å²) in [7, 11) is 2.16. The summed E-state index contributed by atoms with van der Waals surface area (Å²) in [5.74, 6) is -0.236. The zero-order chi connectivity index (χ0) is 12.0. The Hall–Kier alpha value is -0.650. The lowest BCUT2D eigenvalue weighted by molar-refractivity contribution is -0.118. The first kappa shape index (κ1) is 13.4. The van der Waals surface area contributed by atoms with Crippen molar-refractivity contribution in [2.24, 2.45) is 5.73 Å². The zero-order valence-electron chi connectivity index (χ0n) is 10.4. The number of carbonyl (C=O) groups excluding carboxylic acids is 1. The summed E-state index contributed by atoms with van der Waals surface area (Å²) in [6.07, 6.45) is 0.419. The second-order valence-electron chi connectivity index (χ2n) is 4.67. The van der Waals surface area contributed by atoms with Crippen molar-refractivity contribution in [2.75, 3.05) is 46.3 Å². The summed E-state index contributed by atoms with van der Waals surface area (Å²) in [5.41, 5.74) is 5.13. The Kier molecular flexibility index (Phi) is 5.73. The molecule has 1 atom stereocenters. The van der Waals surface area contributed by atoms with E-state index in [1.165, 1.54) is 0 Å².